The van der Waals surface area contributed by atoms with E-state index < -0.39 is 12.0 Å². The van der Waals surface area contributed by atoms with Crippen LogP contribution in [0.5, 0.6) is 0 Å². The summed E-state index contributed by atoms with van der Waals surface area (Å²) < 4.78 is 1.94. The predicted molar refractivity (Wildman–Crippen MR) is 70.0 cm³/mol. The zero-order valence-electron chi connectivity index (χ0n) is 11.6. The minimum atomic E-state index is -0.754. The maximum atomic E-state index is 11.0. The van der Waals surface area contributed by atoms with Crippen molar-refractivity contribution in [2.45, 2.75) is 38.4 Å². The first kappa shape index (κ1) is 13.4. The molecule has 3 rings (SSSR count). The van der Waals surface area contributed by atoms with Crippen molar-refractivity contribution in [1.82, 2.24) is 30.0 Å². The number of rotatable bonds is 5. The number of piperazine rings is 1. The van der Waals surface area contributed by atoms with Gasteiger partial charge in [-0.05, 0) is 30.2 Å². The van der Waals surface area contributed by atoms with E-state index in [4.69, 9.17) is 5.11 Å². The summed E-state index contributed by atoms with van der Waals surface area (Å²) in [5.41, 5.74) is 0. The average molecular weight is 280 g/mol. The highest BCUT2D eigenvalue weighted by atomic mass is 16.4. The summed E-state index contributed by atoms with van der Waals surface area (Å²) in [5.74, 6) is 0.170. The van der Waals surface area contributed by atoms with Gasteiger partial charge in [-0.1, -0.05) is 0 Å². The number of carbonyl (C=O) groups is 1. The number of hydrogen-bond donors (Lipinski definition) is 1. The Hall–Kier alpha value is -1.54. The molecule has 1 aromatic rings. The van der Waals surface area contributed by atoms with Crippen LogP contribution in [0, 0.1) is 0 Å². The standard InChI is InChI=1S/C12H20N6O2/c1-9(12(19)20)17-6-4-16(5-7-17)8-11-13-14-15-18(11)10-2-3-10/h9-10H,2-8H2,1H3,(H,19,20). The Balaban J connectivity index is 1.53. The van der Waals surface area contributed by atoms with E-state index in [2.05, 4.69) is 20.4 Å². The van der Waals surface area contributed by atoms with Crippen LogP contribution in [-0.2, 0) is 11.3 Å². The first-order chi connectivity index (χ1) is 9.65. The third-order valence-electron chi connectivity index (χ3n) is 4.13. The van der Waals surface area contributed by atoms with Gasteiger partial charge in [0.2, 0.25) is 0 Å². The molecule has 1 aliphatic carbocycles. The second-order valence-electron chi connectivity index (χ2n) is 5.60. The Labute approximate surface area is 117 Å². The maximum absolute atomic E-state index is 11.0. The van der Waals surface area contributed by atoms with Gasteiger partial charge in [-0.2, -0.15) is 0 Å². The summed E-state index contributed by atoms with van der Waals surface area (Å²) in [6.07, 6.45) is 2.34. The van der Waals surface area contributed by atoms with Gasteiger partial charge in [0.25, 0.3) is 0 Å². The summed E-state index contributed by atoms with van der Waals surface area (Å²) >= 11 is 0. The van der Waals surface area contributed by atoms with Crippen molar-refractivity contribution < 1.29 is 9.90 Å². The number of aromatic nitrogens is 4. The molecule has 1 saturated heterocycles. The lowest BCUT2D eigenvalue weighted by Gasteiger charge is -2.36. The fourth-order valence-corrected chi connectivity index (χ4v) is 2.58. The van der Waals surface area contributed by atoms with Gasteiger partial charge in [0.15, 0.2) is 5.82 Å². The molecule has 2 fully saturated rings. The lowest BCUT2D eigenvalue weighted by Crippen LogP contribution is -2.51. The van der Waals surface area contributed by atoms with Gasteiger partial charge in [0, 0.05) is 26.2 Å². The van der Waals surface area contributed by atoms with Crippen LogP contribution in [0.15, 0.2) is 0 Å². The van der Waals surface area contributed by atoms with Crippen molar-refractivity contribution in [2.24, 2.45) is 0 Å². The molecule has 2 aliphatic rings. The molecule has 8 nitrogen and oxygen atoms in total. The highest BCUT2D eigenvalue weighted by molar-refractivity contribution is 5.72. The molecule has 0 bridgehead atoms. The Morgan fingerprint density at radius 3 is 2.65 bits per heavy atom. The molecule has 1 aromatic heterocycles. The molecule has 1 saturated carbocycles. The van der Waals surface area contributed by atoms with E-state index in [1.807, 2.05) is 9.58 Å². The van der Waals surface area contributed by atoms with E-state index in [1.54, 1.807) is 6.92 Å². The minimum absolute atomic E-state index is 0.408. The zero-order chi connectivity index (χ0) is 14.1. The molecule has 20 heavy (non-hydrogen) atoms. The zero-order valence-corrected chi connectivity index (χ0v) is 11.6. The third kappa shape index (κ3) is 2.80. The Morgan fingerprint density at radius 2 is 2.05 bits per heavy atom. The van der Waals surface area contributed by atoms with Gasteiger partial charge >= 0.3 is 5.97 Å². The fraction of sp³-hybridized carbons (Fsp3) is 0.833. The summed E-state index contributed by atoms with van der Waals surface area (Å²) in [6.45, 7) is 5.76. The molecule has 2 heterocycles. The highest BCUT2D eigenvalue weighted by Crippen LogP contribution is 2.34. The summed E-state index contributed by atoms with van der Waals surface area (Å²) in [7, 11) is 0. The summed E-state index contributed by atoms with van der Waals surface area (Å²) in [4.78, 5) is 15.3. The van der Waals surface area contributed by atoms with Gasteiger partial charge < -0.3 is 5.11 Å². The van der Waals surface area contributed by atoms with Crippen molar-refractivity contribution in [3.8, 4) is 0 Å². The quantitative estimate of drug-likeness (QED) is 0.785. The van der Waals surface area contributed by atoms with Crippen LogP contribution in [0.25, 0.3) is 0 Å². The SMILES string of the molecule is CC(C(=O)O)N1CCN(Cc2nnnn2C2CC2)CC1. The van der Waals surface area contributed by atoms with Crippen LogP contribution >= 0.6 is 0 Å². The van der Waals surface area contributed by atoms with Gasteiger partial charge in [-0.25, -0.2) is 4.68 Å². The van der Waals surface area contributed by atoms with E-state index in [0.717, 1.165) is 38.5 Å². The molecule has 110 valence electrons. The number of carboxylic acid groups (broad SMARTS) is 1. The predicted octanol–water partition coefficient (Wildman–Crippen LogP) is -0.401. The highest BCUT2D eigenvalue weighted by Gasteiger charge is 2.30. The Kier molecular flexibility index (Phi) is 3.66. The molecule has 0 amide bonds. The summed E-state index contributed by atoms with van der Waals surface area (Å²) in [5, 5.41) is 20.9. The number of carboxylic acids is 1. The number of hydrogen-bond acceptors (Lipinski definition) is 6. The molecular weight excluding hydrogens is 260 g/mol. The second-order valence-corrected chi connectivity index (χ2v) is 5.60. The Morgan fingerprint density at radius 1 is 1.35 bits per heavy atom. The van der Waals surface area contributed by atoms with Crippen LogP contribution in [-0.4, -0.2) is 73.3 Å². The number of tetrazole rings is 1. The molecule has 1 unspecified atom stereocenters. The van der Waals surface area contributed by atoms with Gasteiger partial charge in [-0.15, -0.1) is 5.10 Å². The van der Waals surface area contributed by atoms with Crippen LogP contribution in [0.1, 0.15) is 31.6 Å². The van der Waals surface area contributed by atoms with E-state index in [-0.39, 0.29) is 0 Å². The molecule has 0 aromatic carbocycles. The van der Waals surface area contributed by atoms with E-state index in [1.165, 1.54) is 12.8 Å². The monoisotopic (exact) mass is 280 g/mol. The third-order valence-corrected chi connectivity index (χ3v) is 4.13. The van der Waals surface area contributed by atoms with Crippen LogP contribution in [0.4, 0.5) is 0 Å². The van der Waals surface area contributed by atoms with Crippen molar-refractivity contribution in [1.29, 1.82) is 0 Å². The van der Waals surface area contributed by atoms with Crippen LogP contribution in [0.2, 0.25) is 0 Å². The Bertz CT molecular complexity index is 478. The van der Waals surface area contributed by atoms with Crippen molar-refractivity contribution in [3.05, 3.63) is 5.82 Å². The molecular formula is C12H20N6O2. The molecule has 0 radical (unpaired) electrons. The van der Waals surface area contributed by atoms with Gasteiger partial charge in [0.1, 0.15) is 6.04 Å². The smallest absolute Gasteiger partial charge is 0.320 e. The second kappa shape index (κ2) is 5.45. The molecule has 1 N–H and O–H groups in total. The number of aliphatic carboxylic acids is 1. The van der Waals surface area contributed by atoms with Crippen molar-refractivity contribution >= 4 is 5.97 Å². The number of nitrogens with zero attached hydrogens (tertiary/aromatic N) is 6. The van der Waals surface area contributed by atoms with Gasteiger partial charge in [0.05, 0.1) is 12.6 Å². The average Bonchev–Trinajstić information content (AvgIpc) is 3.19. The lowest BCUT2D eigenvalue weighted by atomic mass is 10.2. The first-order valence-electron chi connectivity index (χ1n) is 7.11. The fourth-order valence-electron chi connectivity index (χ4n) is 2.58. The van der Waals surface area contributed by atoms with Crippen LogP contribution in [0.3, 0.4) is 0 Å². The lowest BCUT2D eigenvalue weighted by molar-refractivity contribution is -0.143. The van der Waals surface area contributed by atoms with E-state index in [9.17, 15) is 4.79 Å². The van der Waals surface area contributed by atoms with Crippen LogP contribution < -0.4 is 0 Å². The minimum Gasteiger partial charge on any atom is -0.480 e. The van der Waals surface area contributed by atoms with E-state index in [0.29, 0.717) is 6.04 Å². The maximum Gasteiger partial charge on any atom is 0.320 e. The largest absolute Gasteiger partial charge is 0.480 e. The van der Waals surface area contributed by atoms with Gasteiger partial charge in [-0.3, -0.25) is 14.6 Å². The topological polar surface area (TPSA) is 87.4 Å². The first-order valence-corrected chi connectivity index (χ1v) is 7.11. The molecule has 1 aliphatic heterocycles. The normalized spacial score (nSPS) is 22.9. The van der Waals surface area contributed by atoms with Crippen molar-refractivity contribution in [3.63, 3.8) is 0 Å². The van der Waals surface area contributed by atoms with E-state index >= 15 is 0 Å². The molecule has 8 heteroatoms. The molecule has 1 atom stereocenters. The van der Waals surface area contributed by atoms with Crippen molar-refractivity contribution in [2.75, 3.05) is 26.2 Å². The summed E-state index contributed by atoms with van der Waals surface area (Å²) in [6, 6.07) is 0.0854. The molecule has 0 spiro atoms.